The highest BCUT2D eigenvalue weighted by Crippen LogP contribution is 2.45. The Hall–Kier alpha value is -1.79. The maximum Gasteiger partial charge on any atom is 0.233 e. The lowest BCUT2D eigenvalue weighted by atomic mass is 9.77. The van der Waals surface area contributed by atoms with Crippen molar-refractivity contribution in [3.05, 3.63) is 23.8 Å². The van der Waals surface area contributed by atoms with Crippen LogP contribution in [0.5, 0.6) is 11.5 Å². The first-order valence-corrected chi connectivity index (χ1v) is 8.88. The number of methoxy groups -OCH3 is 2. The Morgan fingerprint density at radius 2 is 1.96 bits per heavy atom. The Bertz CT molecular complexity index is 612. The summed E-state index contributed by atoms with van der Waals surface area (Å²) < 4.78 is 16.1. The molecule has 6 nitrogen and oxygen atoms in total. The lowest BCUT2D eigenvalue weighted by Gasteiger charge is -2.35. The molecule has 0 aromatic heterocycles. The molecule has 2 aliphatic rings. The van der Waals surface area contributed by atoms with Gasteiger partial charge in [0.15, 0.2) is 11.5 Å². The van der Waals surface area contributed by atoms with Gasteiger partial charge in [-0.2, -0.15) is 0 Å². The number of hydrogen-bond acceptors (Lipinski definition) is 5. The fourth-order valence-corrected chi connectivity index (χ4v) is 4.02. The van der Waals surface area contributed by atoms with Gasteiger partial charge in [-0.05, 0) is 30.5 Å². The minimum atomic E-state index is -0.629. The molecular weight excluding hydrogens is 322 g/mol. The van der Waals surface area contributed by atoms with Crippen molar-refractivity contribution in [1.82, 2.24) is 4.90 Å². The average Bonchev–Trinajstić information content (AvgIpc) is 3.04. The fraction of sp³-hybridized carbons (Fsp3) is 0.632. The van der Waals surface area contributed by atoms with Gasteiger partial charge in [-0.3, -0.25) is 4.79 Å². The van der Waals surface area contributed by atoms with Crippen LogP contribution in [0.25, 0.3) is 0 Å². The summed E-state index contributed by atoms with van der Waals surface area (Å²) in [7, 11) is 3.21. The zero-order chi connectivity index (χ0) is 17.9. The standard InChI is InChI=1S/C19H27NO5/c1-23-16-6-5-14(11-17(16)24-2)19(7-3-4-8-19)18(22)20-9-10-25-13-15(21)12-20/h5-6,11,15,21H,3-4,7-10,12-13H2,1-2H3. The lowest BCUT2D eigenvalue weighted by molar-refractivity contribution is -0.138. The number of hydrogen-bond donors (Lipinski definition) is 1. The van der Waals surface area contributed by atoms with Gasteiger partial charge in [0, 0.05) is 13.1 Å². The van der Waals surface area contributed by atoms with E-state index in [9.17, 15) is 9.90 Å². The van der Waals surface area contributed by atoms with E-state index in [1.54, 1.807) is 19.1 Å². The molecule has 1 unspecified atom stereocenters. The van der Waals surface area contributed by atoms with Crippen LogP contribution in [0.4, 0.5) is 0 Å². The quantitative estimate of drug-likeness (QED) is 0.897. The summed E-state index contributed by atoms with van der Waals surface area (Å²) in [6, 6.07) is 5.75. The molecule has 25 heavy (non-hydrogen) atoms. The van der Waals surface area contributed by atoms with E-state index in [1.807, 2.05) is 18.2 Å². The Labute approximate surface area is 148 Å². The van der Waals surface area contributed by atoms with Crippen molar-refractivity contribution in [3.8, 4) is 11.5 Å². The highest BCUT2D eigenvalue weighted by molar-refractivity contribution is 5.89. The third-order valence-corrected chi connectivity index (χ3v) is 5.34. The van der Waals surface area contributed by atoms with Gasteiger partial charge in [-0.1, -0.05) is 18.9 Å². The van der Waals surface area contributed by atoms with Crippen molar-refractivity contribution in [2.75, 3.05) is 40.5 Å². The first-order valence-electron chi connectivity index (χ1n) is 8.88. The van der Waals surface area contributed by atoms with Gasteiger partial charge < -0.3 is 24.2 Å². The van der Waals surface area contributed by atoms with Crippen LogP contribution in [0.1, 0.15) is 31.2 Å². The molecule has 0 spiro atoms. The molecule has 138 valence electrons. The van der Waals surface area contributed by atoms with Gasteiger partial charge in [0.05, 0.1) is 39.0 Å². The molecule has 6 heteroatoms. The number of β-amino-alcohol motifs (C(OH)–C–C–N with tert-alkyl or cyclic N) is 1. The number of aliphatic hydroxyl groups is 1. The topological polar surface area (TPSA) is 68.2 Å². The highest BCUT2D eigenvalue weighted by atomic mass is 16.5. The second-order valence-corrected chi connectivity index (χ2v) is 6.84. The molecule has 1 atom stereocenters. The third-order valence-electron chi connectivity index (χ3n) is 5.34. The largest absolute Gasteiger partial charge is 0.493 e. The minimum Gasteiger partial charge on any atom is -0.493 e. The Morgan fingerprint density at radius 1 is 1.24 bits per heavy atom. The zero-order valence-electron chi connectivity index (χ0n) is 15.0. The lowest BCUT2D eigenvalue weighted by Crippen LogP contribution is -2.48. The molecule has 1 aromatic rings. The SMILES string of the molecule is COc1ccc(C2(C(=O)N3CCOCC(O)C3)CCCC2)cc1OC. The number of carbonyl (C=O) groups excluding carboxylic acids is 1. The number of amides is 1. The molecule has 1 aliphatic heterocycles. The van der Waals surface area contributed by atoms with Crippen LogP contribution in [-0.4, -0.2) is 62.5 Å². The van der Waals surface area contributed by atoms with Crippen LogP contribution in [0.2, 0.25) is 0 Å². The summed E-state index contributed by atoms with van der Waals surface area (Å²) in [6.07, 6.45) is 3.04. The smallest absolute Gasteiger partial charge is 0.233 e. The van der Waals surface area contributed by atoms with Crippen LogP contribution in [0.15, 0.2) is 18.2 Å². The van der Waals surface area contributed by atoms with Gasteiger partial charge in [0.1, 0.15) is 0 Å². The monoisotopic (exact) mass is 349 g/mol. The number of nitrogens with zero attached hydrogens (tertiary/aromatic N) is 1. The van der Waals surface area contributed by atoms with Crippen molar-refractivity contribution < 1.29 is 24.1 Å². The summed E-state index contributed by atoms with van der Waals surface area (Å²) >= 11 is 0. The van der Waals surface area contributed by atoms with Gasteiger partial charge in [-0.15, -0.1) is 0 Å². The summed E-state index contributed by atoms with van der Waals surface area (Å²) in [5.74, 6) is 1.38. The van der Waals surface area contributed by atoms with E-state index in [2.05, 4.69) is 0 Å². The molecule has 1 aliphatic carbocycles. The van der Waals surface area contributed by atoms with Crippen molar-refractivity contribution >= 4 is 5.91 Å². The molecule has 0 radical (unpaired) electrons. The average molecular weight is 349 g/mol. The van der Waals surface area contributed by atoms with Crippen molar-refractivity contribution in [2.45, 2.75) is 37.2 Å². The summed E-state index contributed by atoms with van der Waals surface area (Å²) in [6.45, 7) is 1.59. The molecule has 1 saturated carbocycles. The summed E-state index contributed by atoms with van der Waals surface area (Å²) in [5.41, 5.74) is 0.413. The van der Waals surface area contributed by atoms with E-state index in [-0.39, 0.29) is 12.5 Å². The third kappa shape index (κ3) is 3.46. The Morgan fingerprint density at radius 3 is 2.64 bits per heavy atom. The minimum absolute atomic E-state index is 0.0850. The molecule has 1 aromatic carbocycles. The maximum atomic E-state index is 13.5. The number of rotatable bonds is 4. The van der Waals surface area contributed by atoms with E-state index in [0.29, 0.717) is 31.2 Å². The second-order valence-electron chi connectivity index (χ2n) is 6.84. The highest BCUT2D eigenvalue weighted by Gasteiger charge is 2.45. The van der Waals surface area contributed by atoms with E-state index in [1.165, 1.54) is 0 Å². The van der Waals surface area contributed by atoms with Crippen molar-refractivity contribution in [3.63, 3.8) is 0 Å². The molecule has 3 rings (SSSR count). The number of ether oxygens (including phenoxy) is 3. The van der Waals surface area contributed by atoms with Crippen molar-refractivity contribution in [2.24, 2.45) is 0 Å². The van der Waals surface area contributed by atoms with Gasteiger partial charge in [0.2, 0.25) is 5.91 Å². The van der Waals surface area contributed by atoms with Crippen LogP contribution in [0, 0.1) is 0 Å². The van der Waals surface area contributed by atoms with Crippen LogP contribution in [-0.2, 0) is 14.9 Å². The van der Waals surface area contributed by atoms with E-state index in [4.69, 9.17) is 14.2 Å². The normalized spacial score (nSPS) is 23.2. The molecule has 1 N–H and O–H groups in total. The zero-order valence-corrected chi connectivity index (χ0v) is 15.0. The number of carbonyl (C=O) groups is 1. The van der Waals surface area contributed by atoms with E-state index in [0.717, 1.165) is 31.2 Å². The first-order chi connectivity index (χ1) is 12.1. The summed E-state index contributed by atoms with van der Waals surface area (Å²) in [5, 5.41) is 10.0. The first kappa shape index (κ1) is 18.0. The van der Waals surface area contributed by atoms with Gasteiger partial charge in [0.25, 0.3) is 0 Å². The fourth-order valence-electron chi connectivity index (χ4n) is 4.02. The molecule has 1 saturated heterocycles. The summed E-state index contributed by atoms with van der Waals surface area (Å²) in [4.78, 5) is 15.2. The van der Waals surface area contributed by atoms with E-state index < -0.39 is 11.5 Å². The van der Waals surface area contributed by atoms with E-state index >= 15 is 0 Å². The van der Waals surface area contributed by atoms with Crippen LogP contribution in [0.3, 0.4) is 0 Å². The predicted molar refractivity (Wildman–Crippen MR) is 93.1 cm³/mol. The maximum absolute atomic E-state index is 13.5. The molecule has 2 fully saturated rings. The molecule has 1 amide bonds. The second kappa shape index (κ2) is 7.62. The van der Waals surface area contributed by atoms with Gasteiger partial charge >= 0.3 is 0 Å². The Balaban J connectivity index is 1.95. The number of benzene rings is 1. The number of aliphatic hydroxyl groups excluding tert-OH is 1. The van der Waals surface area contributed by atoms with Crippen LogP contribution < -0.4 is 9.47 Å². The molecule has 0 bridgehead atoms. The van der Waals surface area contributed by atoms with Crippen molar-refractivity contribution in [1.29, 1.82) is 0 Å². The van der Waals surface area contributed by atoms with Gasteiger partial charge in [-0.25, -0.2) is 0 Å². The molecular formula is C19H27NO5. The Kier molecular flexibility index (Phi) is 5.49. The molecule has 1 heterocycles. The van der Waals surface area contributed by atoms with Crippen LogP contribution >= 0.6 is 0 Å². The predicted octanol–water partition coefficient (Wildman–Crippen LogP) is 1.74.